The summed E-state index contributed by atoms with van der Waals surface area (Å²) in [5.41, 5.74) is 2.39. The number of nitrogens with one attached hydrogen (secondary N) is 2. The van der Waals surface area contributed by atoms with E-state index in [1.54, 1.807) is 0 Å². The Bertz CT molecular complexity index is 397. The Balaban J connectivity index is 1.96. The van der Waals surface area contributed by atoms with E-state index in [4.69, 9.17) is 0 Å². The summed E-state index contributed by atoms with van der Waals surface area (Å²) in [5, 5.41) is 6.28. The molecule has 1 unspecified atom stereocenters. The van der Waals surface area contributed by atoms with Crippen molar-refractivity contribution in [3.05, 3.63) is 35.4 Å². The van der Waals surface area contributed by atoms with Crippen molar-refractivity contribution in [2.24, 2.45) is 0 Å². The molecule has 1 saturated heterocycles. The van der Waals surface area contributed by atoms with E-state index in [0.29, 0.717) is 0 Å². The Morgan fingerprint density at radius 3 is 3.00 bits per heavy atom. The van der Waals surface area contributed by atoms with Crippen LogP contribution in [0.1, 0.15) is 36.9 Å². The lowest BCUT2D eigenvalue weighted by Crippen LogP contribution is -2.41. The molecule has 3 nitrogen and oxygen atoms in total. The van der Waals surface area contributed by atoms with E-state index < -0.39 is 0 Å². The molecule has 3 heteroatoms. The quantitative estimate of drug-likeness (QED) is 0.836. The van der Waals surface area contributed by atoms with Gasteiger partial charge in [-0.25, -0.2) is 0 Å². The number of hydrogen-bond donors (Lipinski definition) is 2. The summed E-state index contributed by atoms with van der Waals surface area (Å²) in [7, 11) is 0. The van der Waals surface area contributed by atoms with Crippen LogP contribution in [-0.4, -0.2) is 18.5 Å². The first kappa shape index (κ1) is 12.1. The van der Waals surface area contributed by atoms with E-state index in [1.165, 1.54) is 5.56 Å². The summed E-state index contributed by atoms with van der Waals surface area (Å²) in [6.07, 6.45) is 2.04. The third kappa shape index (κ3) is 3.07. The van der Waals surface area contributed by atoms with Crippen LogP contribution in [0.2, 0.25) is 0 Å². The predicted molar refractivity (Wildman–Crippen MR) is 68.8 cm³/mol. The summed E-state index contributed by atoms with van der Waals surface area (Å²) >= 11 is 0. The van der Waals surface area contributed by atoms with Crippen LogP contribution < -0.4 is 10.6 Å². The first-order chi connectivity index (χ1) is 8.16. The maximum absolute atomic E-state index is 11.9. The standard InChI is InChI=1S/C14H20N2O/c1-10-5-3-6-12(9-10)11(2)16-14(17)13-7-4-8-15-13/h3,5-6,9,11,13,15H,4,7-8H2,1-2H3,(H,16,17)/t11-,13?/m0/s1. The normalized spacial score (nSPS) is 21.2. The molecule has 1 fully saturated rings. The highest BCUT2D eigenvalue weighted by atomic mass is 16.2. The van der Waals surface area contributed by atoms with Crippen molar-refractivity contribution < 1.29 is 4.79 Å². The molecule has 1 aliphatic rings. The van der Waals surface area contributed by atoms with Crippen molar-refractivity contribution in [3.8, 4) is 0 Å². The Morgan fingerprint density at radius 1 is 1.53 bits per heavy atom. The summed E-state index contributed by atoms with van der Waals surface area (Å²) < 4.78 is 0. The molecular formula is C14H20N2O. The van der Waals surface area contributed by atoms with Crippen molar-refractivity contribution in [1.29, 1.82) is 0 Å². The van der Waals surface area contributed by atoms with Gasteiger partial charge in [0, 0.05) is 0 Å². The van der Waals surface area contributed by atoms with E-state index in [1.807, 2.05) is 13.0 Å². The maximum Gasteiger partial charge on any atom is 0.237 e. The minimum atomic E-state index is 0.00209. The molecule has 1 aromatic rings. The molecule has 2 atom stereocenters. The van der Waals surface area contributed by atoms with Gasteiger partial charge in [-0.1, -0.05) is 29.8 Å². The molecule has 2 rings (SSSR count). The van der Waals surface area contributed by atoms with Gasteiger partial charge in [0.2, 0.25) is 5.91 Å². The lowest BCUT2D eigenvalue weighted by molar-refractivity contribution is -0.123. The molecule has 92 valence electrons. The molecule has 1 aromatic carbocycles. The molecule has 0 bridgehead atoms. The first-order valence-electron chi connectivity index (χ1n) is 6.27. The molecule has 0 aliphatic carbocycles. The van der Waals surface area contributed by atoms with Gasteiger partial charge >= 0.3 is 0 Å². The van der Waals surface area contributed by atoms with Gasteiger partial charge in [0.1, 0.15) is 0 Å². The smallest absolute Gasteiger partial charge is 0.237 e. The van der Waals surface area contributed by atoms with Crippen LogP contribution in [0.15, 0.2) is 24.3 Å². The minimum absolute atomic E-state index is 0.00209. The third-order valence-electron chi connectivity index (χ3n) is 3.28. The lowest BCUT2D eigenvalue weighted by atomic mass is 10.1. The second-order valence-corrected chi connectivity index (χ2v) is 4.79. The Hall–Kier alpha value is -1.35. The van der Waals surface area contributed by atoms with Gasteiger partial charge in [0.25, 0.3) is 0 Å². The molecule has 1 heterocycles. The van der Waals surface area contributed by atoms with Crippen molar-refractivity contribution in [3.63, 3.8) is 0 Å². The number of aryl methyl sites for hydroxylation is 1. The number of amides is 1. The second kappa shape index (κ2) is 5.32. The topological polar surface area (TPSA) is 41.1 Å². The fourth-order valence-electron chi connectivity index (χ4n) is 2.25. The van der Waals surface area contributed by atoms with Crippen LogP contribution in [0.25, 0.3) is 0 Å². The molecule has 1 amide bonds. The average molecular weight is 232 g/mol. The fraction of sp³-hybridized carbons (Fsp3) is 0.500. The molecule has 0 saturated carbocycles. The number of hydrogen-bond acceptors (Lipinski definition) is 2. The monoisotopic (exact) mass is 232 g/mol. The van der Waals surface area contributed by atoms with Crippen LogP contribution >= 0.6 is 0 Å². The Labute approximate surface area is 103 Å². The summed E-state index contributed by atoms with van der Waals surface area (Å²) in [6, 6.07) is 8.34. The van der Waals surface area contributed by atoms with Crippen LogP contribution in [0, 0.1) is 6.92 Å². The molecule has 0 aromatic heterocycles. The van der Waals surface area contributed by atoms with E-state index in [9.17, 15) is 4.79 Å². The van der Waals surface area contributed by atoms with Gasteiger partial charge < -0.3 is 10.6 Å². The average Bonchev–Trinajstić information content (AvgIpc) is 2.82. The summed E-state index contributed by atoms with van der Waals surface area (Å²) in [6.45, 7) is 5.05. The maximum atomic E-state index is 11.9. The van der Waals surface area contributed by atoms with Gasteiger partial charge in [-0.05, 0) is 38.8 Å². The van der Waals surface area contributed by atoms with Gasteiger partial charge in [-0.3, -0.25) is 4.79 Å². The zero-order chi connectivity index (χ0) is 12.3. The van der Waals surface area contributed by atoms with Crippen LogP contribution in [0.5, 0.6) is 0 Å². The molecule has 17 heavy (non-hydrogen) atoms. The SMILES string of the molecule is Cc1cccc([C@H](C)NC(=O)C2CCCN2)c1. The van der Waals surface area contributed by atoms with Crippen LogP contribution in [0.3, 0.4) is 0 Å². The van der Waals surface area contributed by atoms with Crippen molar-refractivity contribution in [2.75, 3.05) is 6.54 Å². The Kier molecular flexibility index (Phi) is 3.79. The minimum Gasteiger partial charge on any atom is -0.348 e. The highest BCUT2D eigenvalue weighted by Crippen LogP contribution is 2.14. The lowest BCUT2D eigenvalue weighted by Gasteiger charge is -2.18. The summed E-state index contributed by atoms with van der Waals surface area (Å²) in [5.74, 6) is 0.122. The molecule has 0 spiro atoms. The van der Waals surface area contributed by atoms with Gasteiger partial charge in [0.15, 0.2) is 0 Å². The number of carbonyl (C=O) groups excluding carboxylic acids is 1. The van der Waals surface area contributed by atoms with Gasteiger partial charge in [0.05, 0.1) is 12.1 Å². The van der Waals surface area contributed by atoms with Crippen molar-refractivity contribution >= 4 is 5.91 Å². The summed E-state index contributed by atoms with van der Waals surface area (Å²) in [4.78, 5) is 11.9. The van der Waals surface area contributed by atoms with Gasteiger partial charge in [-0.15, -0.1) is 0 Å². The molecule has 1 aliphatic heterocycles. The van der Waals surface area contributed by atoms with Crippen LogP contribution in [0.4, 0.5) is 0 Å². The highest BCUT2D eigenvalue weighted by Gasteiger charge is 2.23. The Morgan fingerprint density at radius 2 is 2.35 bits per heavy atom. The second-order valence-electron chi connectivity index (χ2n) is 4.79. The zero-order valence-corrected chi connectivity index (χ0v) is 10.5. The third-order valence-corrected chi connectivity index (χ3v) is 3.28. The highest BCUT2D eigenvalue weighted by molar-refractivity contribution is 5.82. The fourth-order valence-corrected chi connectivity index (χ4v) is 2.25. The van der Waals surface area contributed by atoms with Crippen molar-refractivity contribution in [1.82, 2.24) is 10.6 Å². The number of benzene rings is 1. The van der Waals surface area contributed by atoms with E-state index in [-0.39, 0.29) is 18.0 Å². The van der Waals surface area contributed by atoms with E-state index in [2.05, 4.69) is 35.8 Å². The zero-order valence-electron chi connectivity index (χ0n) is 10.5. The molecular weight excluding hydrogens is 212 g/mol. The largest absolute Gasteiger partial charge is 0.348 e. The van der Waals surface area contributed by atoms with E-state index >= 15 is 0 Å². The number of rotatable bonds is 3. The van der Waals surface area contributed by atoms with E-state index in [0.717, 1.165) is 24.9 Å². The molecule has 2 N–H and O–H groups in total. The van der Waals surface area contributed by atoms with Crippen LogP contribution in [-0.2, 0) is 4.79 Å². The predicted octanol–water partition coefficient (Wildman–Crippen LogP) is 1.92. The van der Waals surface area contributed by atoms with Gasteiger partial charge in [-0.2, -0.15) is 0 Å². The first-order valence-corrected chi connectivity index (χ1v) is 6.27. The van der Waals surface area contributed by atoms with Crippen molar-refractivity contribution in [2.45, 2.75) is 38.8 Å². The number of carbonyl (C=O) groups is 1. The molecule has 0 radical (unpaired) electrons.